The van der Waals surface area contributed by atoms with E-state index in [9.17, 15) is 0 Å². The number of thiocarbonyl (C=S) groups is 1. The van der Waals surface area contributed by atoms with Crippen LogP contribution in [-0.2, 0) is 0 Å². The summed E-state index contributed by atoms with van der Waals surface area (Å²) >= 11 is 5.54. The van der Waals surface area contributed by atoms with Gasteiger partial charge in [0.05, 0.1) is 7.11 Å². The summed E-state index contributed by atoms with van der Waals surface area (Å²) < 4.78 is 5.17. The smallest absolute Gasteiger partial charge is 0.173 e. The van der Waals surface area contributed by atoms with E-state index in [2.05, 4.69) is 40.5 Å². The molecule has 3 rings (SSSR count). The highest BCUT2D eigenvalue weighted by Crippen LogP contribution is 2.27. The third kappa shape index (κ3) is 3.39. The molecule has 0 amide bonds. The Morgan fingerprint density at radius 2 is 1.86 bits per heavy atom. The summed E-state index contributed by atoms with van der Waals surface area (Å²) in [5.74, 6) is 1.42. The van der Waals surface area contributed by atoms with Crippen molar-refractivity contribution >= 4 is 23.0 Å². The first kappa shape index (κ1) is 14.9. The highest BCUT2D eigenvalue weighted by atomic mass is 32.1. The van der Waals surface area contributed by atoms with Gasteiger partial charge >= 0.3 is 0 Å². The van der Waals surface area contributed by atoms with Crippen molar-refractivity contribution in [3.05, 3.63) is 60.2 Å². The number of anilines is 1. The third-order valence-corrected chi connectivity index (χ3v) is 4.45. The van der Waals surface area contributed by atoms with E-state index in [1.54, 1.807) is 7.11 Å². The summed E-state index contributed by atoms with van der Waals surface area (Å²) in [7, 11) is 1.67. The van der Waals surface area contributed by atoms with Crippen LogP contribution in [0.1, 0.15) is 17.9 Å². The lowest BCUT2D eigenvalue weighted by Gasteiger charge is -2.21. The maximum Gasteiger partial charge on any atom is 0.173 e. The van der Waals surface area contributed by atoms with Crippen LogP contribution in [0.2, 0.25) is 0 Å². The first-order valence-corrected chi connectivity index (χ1v) is 7.92. The second-order valence-electron chi connectivity index (χ2n) is 5.50. The van der Waals surface area contributed by atoms with Crippen molar-refractivity contribution in [3.8, 4) is 5.75 Å². The number of benzene rings is 2. The molecule has 3 nitrogen and oxygen atoms in total. The second kappa shape index (κ2) is 6.79. The van der Waals surface area contributed by atoms with E-state index >= 15 is 0 Å². The molecule has 1 aliphatic heterocycles. The van der Waals surface area contributed by atoms with Gasteiger partial charge in [0.25, 0.3) is 0 Å². The molecule has 4 heteroatoms. The molecule has 2 aromatic rings. The predicted molar refractivity (Wildman–Crippen MR) is 94.6 cm³/mol. The zero-order valence-electron chi connectivity index (χ0n) is 12.7. The zero-order chi connectivity index (χ0) is 15.4. The van der Waals surface area contributed by atoms with Crippen molar-refractivity contribution in [2.45, 2.75) is 12.3 Å². The van der Waals surface area contributed by atoms with Crippen molar-refractivity contribution in [2.75, 3.05) is 25.5 Å². The molecule has 0 spiro atoms. The monoisotopic (exact) mass is 312 g/mol. The fraction of sp³-hybridized carbons (Fsp3) is 0.278. The Morgan fingerprint density at radius 3 is 2.55 bits per heavy atom. The van der Waals surface area contributed by atoms with Gasteiger partial charge in [-0.15, -0.1) is 0 Å². The van der Waals surface area contributed by atoms with Crippen LogP contribution in [0.15, 0.2) is 54.6 Å². The number of likely N-dealkylation sites (tertiary alicyclic amines) is 1. The van der Waals surface area contributed by atoms with E-state index in [0.717, 1.165) is 36.1 Å². The molecular weight excluding hydrogens is 292 g/mol. The van der Waals surface area contributed by atoms with Crippen molar-refractivity contribution in [1.29, 1.82) is 0 Å². The molecule has 0 bridgehead atoms. The van der Waals surface area contributed by atoms with Crippen molar-refractivity contribution in [2.24, 2.45) is 0 Å². The average Bonchev–Trinajstić information content (AvgIpc) is 3.06. The Balaban J connectivity index is 1.59. The van der Waals surface area contributed by atoms with Gasteiger partial charge in [0, 0.05) is 24.7 Å². The summed E-state index contributed by atoms with van der Waals surface area (Å²) in [4.78, 5) is 2.25. The molecule has 114 valence electrons. The summed E-state index contributed by atoms with van der Waals surface area (Å²) in [5.41, 5.74) is 2.39. The van der Waals surface area contributed by atoms with Gasteiger partial charge in [0.15, 0.2) is 5.11 Å². The molecule has 22 heavy (non-hydrogen) atoms. The van der Waals surface area contributed by atoms with Crippen LogP contribution >= 0.6 is 12.2 Å². The van der Waals surface area contributed by atoms with Crippen molar-refractivity contribution < 1.29 is 4.74 Å². The van der Waals surface area contributed by atoms with E-state index in [0.29, 0.717) is 5.92 Å². The van der Waals surface area contributed by atoms with Crippen LogP contribution in [0.4, 0.5) is 5.69 Å². The van der Waals surface area contributed by atoms with E-state index in [-0.39, 0.29) is 0 Å². The number of hydrogen-bond donors (Lipinski definition) is 1. The quantitative estimate of drug-likeness (QED) is 0.869. The van der Waals surface area contributed by atoms with E-state index in [1.807, 2.05) is 24.3 Å². The van der Waals surface area contributed by atoms with Gasteiger partial charge in [-0.25, -0.2) is 0 Å². The Kier molecular flexibility index (Phi) is 4.59. The molecule has 0 unspecified atom stereocenters. The minimum Gasteiger partial charge on any atom is -0.497 e. The van der Waals surface area contributed by atoms with Gasteiger partial charge < -0.3 is 15.0 Å². The maximum atomic E-state index is 5.54. The second-order valence-corrected chi connectivity index (χ2v) is 5.89. The van der Waals surface area contributed by atoms with Gasteiger partial charge in [-0.2, -0.15) is 0 Å². The molecule has 0 saturated carbocycles. The number of ether oxygens (including phenoxy) is 1. The lowest BCUT2D eigenvalue weighted by Crippen LogP contribution is -2.32. The summed E-state index contributed by atoms with van der Waals surface area (Å²) in [6.45, 7) is 1.98. The molecule has 0 aliphatic carbocycles. The van der Waals surface area contributed by atoms with Crippen LogP contribution in [0.25, 0.3) is 0 Å². The van der Waals surface area contributed by atoms with E-state index in [1.165, 1.54) is 5.56 Å². The minimum absolute atomic E-state index is 0.566. The molecule has 0 radical (unpaired) electrons. The van der Waals surface area contributed by atoms with Crippen molar-refractivity contribution in [3.63, 3.8) is 0 Å². The van der Waals surface area contributed by atoms with Gasteiger partial charge in [0.2, 0.25) is 0 Å². The summed E-state index contributed by atoms with van der Waals surface area (Å²) in [6, 6.07) is 18.5. The van der Waals surface area contributed by atoms with Gasteiger partial charge in [-0.1, -0.05) is 30.3 Å². The fourth-order valence-electron chi connectivity index (χ4n) is 2.82. The standard InChI is InChI=1S/C18H20N2OS/c1-21-17-9-7-16(8-10-17)19-18(22)20-12-11-15(13-20)14-5-3-2-4-6-14/h2-10,15H,11-13H2,1H3,(H,19,22)/t15-/m1/s1. The molecule has 2 aromatic carbocycles. The predicted octanol–water partition coefficient (Wildman–Crippen LogP) is 3.88. The zero-order valence-corrected chi connectivity index (χ0v) is 13.5. The van der Waals surface area contributed by atoms with Crippen molar-refractivity contribution in [1.82, 2.24) is 4.90 Å². The van der Waals surface area contributed by atoms with Crippen LogP contribution in [-0.4, -0.2) is 30.2 Å². The Bertz CT molecular complexity index is 627. The first-order chi connectivity index (χ1) is 10.8. The Morgan fingerprint density at radius 1 is 1.14 bits per heavy atom. The molecular formula is C18H20N2OS. The molecule has 0 aromatic heterocycles. The van der Waals surface area contributed by atoms with Crippen LogP contribution < -0.4 is 10.1 Å². The number of nitrogens with zero attached hydrogens (tertiary/aromatic N) is 1. The number of nitrogens with one attached hydrogen (secondary N) is 1. The molecule has 1 aliphatic rings. The Labute approximate surface area is 136 Å². The molecule has 1 heterocycles. The highest BCUT2D eigenvalue weighted by molar-refractivity contribution is 7.80. The van der Waals surface area contributed by atoms with Crippen LogP contribution in [0.3, 0.4) is 0 Å². The lowest BCUT2D eigenvalue weighted by atomic mass is 9.99. The minimum atomic E-state index is 0.566. The molecule has 1 N–H and O–H groups in total. The Hall–Kier alpha value is -2.07. The number of hydrogen-bond acceptors (Lipinski definition) is 2. The van der Waals surface area contributed by atoms with Gasteiger partial charge in [-0.05, 0) is 48.5 Å². The molecule has 1 atom stereocenters. The fourth-order valence-corrected chi connectivity index (χ4v) is 3.10. The topological polar surface area (TPSA) is 24.5 Å². The number of rotatable bonds is 3. The summed E-state index contributed by atoms with van der Waals surface area (Å²) in [5, 5.41) is 4.10. The SMILES string of the molecule is COc1ccc(NC(=S)N2CC[C@@H](c3ccccc3)C2)cc1. The van der Waals surface area contributed by atoms with Crippen LogP contribution in [0, 0.1) is 0 Å². The molecule has 1 fully saturated rings. The molecule has 1 saturated heterocycles. The van der Waals surface area contributed by atoms with Gasteiger partial charge in [0.1, 0.15) is 5.75 Å². The maximum absolute atomic E-state index is 5.54. The number of methoxy groups -OCH3 is 1. The van der Waals surface area contributed by atoms with Gasteiger partial charge in [-0.3, -0.25) is 0 Å². The highest BCUT2D eigenvalue weighted by Gasteiger charge is 2.25. The van der Waals surface area contributed by atoms with E-state index in [4.69, 9.17) is 17.0 Å². The van der Waals surface area contributed by atoms with E-state index < -0.39 is 0 Å². The first-order valence-electron chi connectivity index (χ1n) is 7.51. The lowest BCUT2D eigenvalue weighted by molar-refractivity contribution is 0.415. The average molecular weight is 312 g/mol. The largest absolute Gasteiger partial charge is 0.497 e. The normalized spacial score (nSPS) is 17.3. The van der Waals surface area contributed by atoms with Crippen LogP contribution in [0.5, 0.6) is 5.75 Å². The third-order valence-electron chi connectivity index (χ3n) is 4.09. The summed E-state index contributed by atoms with van der Waals surface area (Å²) in [6.07, 6.45) is 1.15.